The van der Waals surface area contributed by atoms with Gasteiger partial charge in [0.05, 0.1) is 31.1 Å². The average molecular weight is 372 g/mol. The first-order chi connectivity index (χ1) is 12.9. The minimum Gasteiger partial charge on any atom is -0.378 e. The van der Waals surface area contributed by atoms with E-state index in [1.807, 2.05) is 46.0 Å². The molecule has 1 aliphatic rings. The van der Waals surface area contributed by atoms with Gasteiger partial charge >= 0.3 is 0 Å². The van der Waals surface area contributed by atoms with Gasteiger partial charge in [-0.2, -0.15) is 0 Å². The van der Waals surface area contributed by atoms with Crippen molar-refractivity contribution in [1.82, 2.24) is 19.9 Å². The molecule has 1 fully saturated rings. The number of amides is 1. The predicted molar refractivity (Wildman–Crippen MR) is 101 cm³/mol. The van der Waals surface area contributed by atoms with Crippen molar-refractivity contribution < 1.29 is 14.1 Å². The lowest BCUT2D eigenvalue weighted by atomic mass is 10.1. The molecule has 1 amide bonds. The highest BCUT2D eigenvalue weighted by Crippen LogP contribution is 2.18. The number of hydrogen-bond acceptors (Lipinski definition) is 6. The SMILES string of the molecule is Cc1cccc(CN2CCOC[C@@H]2CC(=O)N(C)Cc2c(C)noc2C)n1. The number of rotatable bonds is 6. The highest BCUT2D eigenvalue weighted by Gasteiger charge is 2.27. The molecule has 0 aromatic carbocycles. The van der Waals surface area contributed by atoms with E-state index in [4.69, 9.17) is 9.26 Å². The Morgan fingerprint density at radius 3 is 2.85 bits per heavy atom. The summed E-state index contributed by atoms with van der Waals surface area (Å²) >= 11 is 0. The van der Waals surface area contributed by atoms with Crippen molar-refractivity contribution >= 4 is 5.91 Å². The minimum absolute atomic E-state index is 0.0562. The number of ether oxygens (including phenoxy) is 1. The van der Waals surface area contributed by atoms with E-state index in [0.717, 1.165) is 41.5 Å². The molecular formula is C20H28N4O3. The molecule has 1 saturated heterocycles. The van der Waals surface area contributed by atoms with Crippen LogP contribution in [0.15, 0.2) is 22.7 Å². The highest BCUT2D eigenvalue weighted by molar-refractivity contribution is 5.76. The summed E-state index contributed by atoms with van der Waals surface area (Å²) in [5, 5.41) is 3.96. The van der Waals surface area contributed by atoms with E-state index in [-0.39, 0.29) is 11.9 Å². The molecule has 7 nitrogen and oxygen atoms in total. The van der Waals surface area contributed by atoms with E-state index in [2.05, 4.69) is 15.0 Å². The van der Waals surface area contributed by atoms with E-state index < -0.39 is 0 Å². The van der Waals surface area contributed by atoms with Gasteiger partial charge in [-0.25, -0.2) is 0 Å². The number of hydrogen-bond donors (Lipinski definition) is 0. The maximum atomic E-state index is 12.8. The van der Waals surface area contributed by atoms with Crippen LogP contribution in [0.2, 0.25) is 0 Å². The van der Waals surface area contributed by atoms with Crippen LogP contribution < -0.4 is 0 Å². The molecule has 0 aliphatic carbocycles. The van der Waals surface area contributed by atoms with E-state index in [1.165, 1.54) is 0 Å². The zero-order chi connectivity index (χ0) is 19.4. The molecular weight excluding hydrogens is 344 g/mol. The van der Waals surface area contributed by atoms with Crippen LogP contribution in [0.3, 0.4) is 0 Å². The lowest BCUT2D eigenvalue weighted by molar-refractivity contribution is -0.133. The Kier molecular flexibility index (Phi) is 6.23. The second-order valence-corrected chi connectivity index (χ2v) is 7.23. The van der Waals surface area contributed by atoms with E-state index in [1.54, 1.807) is 4.90 Å². The van der Waals surface area contributed by atoms with Gasteiger partial charge in [0.15, 0.2) is 0 Å². The molecule has 0 N–H and O–H groups in total. The summed E-state index contributed by atoms with van der Waals surface area (Å²) < 4.78 is 10.8. The summed E-state index contributed by atoms with van der Waals surface area (Å²) in [6.45, 7) is 9.06. The number of carbonyl (C=O) groups is 1. The lowest BCUT2D eigenvalue weighted by Crippen LogP contribution is -2.47. The van der Waals surface area contributed by atoms with Crippen molar-refractivity contribution in [2.24, 2.45) is 0 Å². The monoisotopic (exact) mass is 372 g/mol. The Morgan fingerprint density at radius 1 is 1.33 bits per heavy atom. The number of aryl methyl sites for hydroxylation is 3. The first-order valence-electron chi connectivity index (χ1n) is 9.34. The van der Waals surface area contributed by atoms with Crippen molar-refractivity contribution in [1.29, 1.82) is 0 Å². The molecule has 7 heteroatoms. The highest BCUT2D eigenvalue weighted by atomic mass is 16.5. The molecule has 0 spiro atoms. The molecule has 3 heterocycles. The van der Waals surface area contributed by atoms with Crippen LogP contribution >= 0.6 is 0 Å². The number of nitrogens with zero attached hydrogens (tertiary/aromatic N) is 4. The molecule has 1 atom stereocenters. The van der Waals surface area contributed by atoms with Crippen molar-refractivity contribution in [3.05, 3.63) is 46.6 Å². The maximum absolute atomic E-state index is 12.8. The van der Waals surface area contributed by atoms with Gasteiger partial charge in [0.25, 0.3) is 0 Å². The fourth-order valence-corrected chi connectivity index (χ4v) is 3.39. The standard InChI is InChI=1S/C20H28N4O3/c1-14-6-5-7-17(21-14)11-24-8-9-26-13-18(24)10-20(25)23(4)12-19-15(2)22-27-16(19)3/h5-7,18H,8-13H2,1-4H3/t18-/m0/s1. The molecule has 0 bridgehead atoms. The van der Waals surface area contributed by atoms with Crippen molar-refractivity contribution in [3.63, 3.8) is 0 Å². The number of carbonyl (C=O) groups excluding carboxylic acids is 1. The third-order valence-corrected chi connectivity index (χ3v) is 5.07. The number of morpholine rings is 1. The van der Waals surface area contributed by atoms with E-state index in [0.29, 0.717) is 26.2 Å². The van der Waals surface area contributed by atoms with Gasteiger partial charge in [-0.15, -0.1) is 0 Å². The molecule has 2 aromatic rings. The third kappa shape index (κ3) is 4.93. The van der Waals surface area contributed by atoms with Crippen molar-refractivity contribution in [2.75, 3.05) is 26.8 Å². The van der Waals surface area contributed by atoms with Gasteiger partial charge in [-0.05, 0) is 32.9 Å². The molecule has 2 aromatic heterocycles. The Labute approximate surface area is 160 Å². The second kappa shape index (κ2) is 8.63. The van der Waals surface area contributed by atoms with Gasteiger partial charge in [0.2, 0.25) is 5.91 Å². The van der Waals surface area contributed by atoms with Crippen molar-refractivity contribution in [3.8, 4) is 0 Å². The Bertz CT molecular complexity index is 770. The van der Waals surface area contributed by atoms with E-state index in [9.17, 15) is 4.79 Å². The summed E-state index contributed by atoms with van der Waals surface area (Å²) in [6.07, 6.45) is 0.422. The third-order valence-electron chi connectivity index (χ3n) is 5.07. The van der Waals surface area contributed by atoms with Crippen LogP contribution in [-0.2, 0) is 22.6 Å². The quantitative estimate of drug-likeness (QED) is 0.774. The van der Waals surface area contributed by atoms with Crippen LogP contribution in [0.1, 0.15) is 34.8 Å². The molecule has 3 rings (SSSR count). The topological polar surface area (TPSA) is 71.7 Å². The number of aromatic nitrogens is 2. The zero-order valence-electron chi connectivity index (χ0n) is 16.6. The zero-order valence-corrected chi connectivity index (χ0v) is 16.6. The largest absolute Gasteiger partial charge is 0.378 e. The van der Waals surface area contributed by atoms with Gasteiger partial charge in [0, 0.05) is 43.9 Å². The molecule has 1 aliphatic heterocycles. The summed E-state index contributed by atoms with van der Waals surface area (Å²) in [7, 11) is 1.82. The second-order valence-electron chi connectivity index (χ2n) is 7.23. The molecule has 146 valence electrons. The van der Waals surface area contributed by atoms with Gasteiger partial charge < -0.3 is 14.2 Å². The summed E-state index contributed by atoms with van der Waals surface area (Å²) in [4.78, 5) is 21.4. The van der Waals surface area contributed by atoms with Gasteiger partial charge in [-0.3, -0.25) is 14.7 Å². The molecule has 0 radical (unpaired) electrons. The van der Waals surface area contributed by atoms with Crippen LogP contribution in [0.25, 0.3) is 0 Å². The van der Waals surface area contributed by atoms with Crippen LogP contribution in [0.4, 0.5) is 0 Å². The Hall–Kier alpha value is -2.25. The van der Waals surface area contributed by atoms with Gasteiger partial charge in [0.1, 0.15) is 5.76 Å². The lowest BCUT2D eigenvalue weighted by Gasteiger charge is -2.35. The Balaban J connectivity index is 1.62. The molecule has 27 heavy (non-hydrogen) atoms. The normalized spacial score (nSPS) is 17.9. The minimum atomic E-state index is 0.0562. The smallest absolute Gasteiger partial charge is 0.224 e. The molecule has 0 unspecified atom stereocenters. The van der Waals surface area contributed by atoms with E-state index >= 15 is 0 Å². The van der Waals surface area contributed by atoms with Crippen molar-refractivity contribution in [2.45, 2.75) is 46.3 Å². The maximum Gasteiger partial charge on any atom is 0.224 e. The summed E-state index contributed by atoms with van der Waals surface area (Å²) in [5.74, 6) is 0.855. The summed E-state index contributed by atoms with van der Waals surface area (Å²) in [6, 6.07) is 6.11. The predicted octanol–water partition coefficient (Wildman–Crippen LogP) is 2.24. The van der Waals surface area contributed by atoms with Crippen LogP contribution in [0.5, 0.6) is 0 Å². The first kappa shape index (κ1) is 19.5. The number of pyridine rings is 1. The first-order valence-corrected chi connectivity index (χ1v) is 9.34. The van der Waals surface area contributed by atoms with Crippen LogP contribution in [-0.4, -0.2) is 58.7 Å². The summed E-state index contributed by atoms with van der Waals surface area (Å²) in [5.41, 5.74) is 3.85. The molecule has 0 saturated carbocycles. The van der Waals surface area contributed by atoms with Crippen LogP contribution in [0, 0.1) is 20.8 Å². The fraction of sp³-hybridized carbons (Fsp3) is 0.550. The Morgan fingerprint density at radius 2 is 2.15 bits per heavy atom. The van der Waals surface area contributed by atoms with Gasteiger partial charge in [-0.1, -0.05) is 11.2 Å². The average Bonchev–Trinajstić information content (AvgIpc) is 2.95. The fourth-order valence-electron chi connectivity index (χ4n) is 3.39.